The van der Waals surface area contributed by atoms with Gasteiger partial charge < -0.3 is 15.0 Å². The first kappa shape index (κ1) is 18.0. The lowest BCUT2D eigenvalue weighted by Crippen LogP contribution is -2.33. The molecule has 5 nitrogen and oxygen atoms in total. The number of hydrogen-bond donors (Lipinski definition) is 1. The summed E-state index contributed by atoms with van der Waals surface area (Å²) in [5.74, 6) is 0.145. The quantitative estimate of drug-likeness (QED) is 0.762. The summed E-state index contributed by atoms with van der Waals surface area (Å²) in [4.78, 5) is 25.7. The van der Waals surface area contributed by atoms with E-state index in [1.54, 1.807) is 0 Å². The zero-order chi connectivity index (χ0) is 16.0. The van der Waals surface area contributed by atoms with Crippen molar-refractivity contribution in [2.24, 2.45) is 5.92 Å². The van der Waals surface area contributed by atoms with Crippen molar-refractivity contribution in [2.45, 2.75) is 65.5 Å². The molecule has 0 aromatic heterocycles. The molecule has 1 heterocycles. The van der Waals surface area contributed by atoms with E-state index >= 15 is 0 Å². The van der Waals surface area contributed by atoms with Crippen LogP contribution < -0.4 is 5.32 Å². The molecule has 1 aliphatic heterocycles. The van der Waals surface area contributed by atoms with E-state index in [4.69, 9.17) is 4.74 Å². The molecule has 1 amide bonds. The lowest BCUT2D eigenvalue weighted by Gasteiger charge is -2.20. The Bertz CT molecular complexity index is 361. The number of rotatable bonds is 6. The first-order valence-corrected chi connectivity index (χ1v) is 7.90. The fourth-order valence-electron chi connectivity index (χ4n) is 2.45. The second kappa shape index (κ2) is 7.78. The topological polar surface area (TPSA) is 58.6 Å². The molecule has 0 aromatic carbocycles. The monoisotopic (exact) mass is 298 g/mol. The molecule has 122 valence electrons. The van der Waals surface area contributed by atoms with Crippen molar-refractivity contribution >= 4 is 11.9 Å². The maximum atomic E-state index is 11.8. The largest absolute Gasteiger partial charge is 0.460 e. The number of carbonyl (C=O) groups is 2. The van der Waals surface area contributed by atoms with E-state index in [9.17, 15) is 9.59 Å². The molecule has 21 heavy (non-hydrogen) atoms. The highest BCUT2D eigenvalue weighted by Gasteiger charge is 2.24. The van der Waals surface area contributed by atoms with Gasteiger partial charge in [-0.15, -0.1) is 0 Å². The molecule has 0 aliphatic carbocycles. The highest BCUT2D eigenvalue weighted by atomic mass is 16.6. The van der Waals surface area contributed by atoms with Gasteiger partial charge in [-0.2, -0.15) is 0 Å². The van der Waals surface area contributed by atoms with Gasteiger partial charge in [-0.05, 0) is 53.5 Å². The Kier molecular flexibility index (Phi) is 6.65. The molecule has 1 aliphatic rings. The zero-order valence-corrected chi connectivity index (χ0v) is 14.1. The van der Waals surface area contributed by atoms with E-state index in [1.165, 1.54) is 0 Å². The summed E-state index contributed by atoms with van der Waals surface area (Å²) in [6.07, 6.45) is 1.48. The molecule has 1 atom stereocenters. The summed E-state index contributed by atoms with van der Waals surface area (Å²) in [5, 5.41) is 2.93. The van der Waals surface area contributed by atoms with Crippen LogP contribution in [0, 0.1) is 5.92 Å². The second-order valence-corrected chi connectivity index (χ2v) is 7.13. The van der Waals surface area contributed by atoms with Gasteiger partial charge in [0.25, 0.3) is 0 Å². The van der Waals surface area contributed by atoms with Gasteiger partial charge in [0.2, 0.25) is 5.91 Å². The van der Waals surface area contributed by atoms with E-state index in [0.717, 1.165) is 19.5 Å². The molecule has 1 rings (SSSR count). The number of carbonyl (C=O) groups excluding carboxylic acids is 2. The lowest BCUT2D eigenvalue weighted by atomic mass is 10.1. The van der Waals surface area contributed by atoms with Crippen molar-refractivity contribution in [3.63, 3.8) is 0 Å². The third-order valence-corrected chi connectivity index (χ3v) is 3.61. The van der Waals surface area contributed by atoms with E-state index in [-0.39, 0.29) is 24.7 Å². The minimum absolute atomic E-state index is 0.0659. The molecule has 0 spiro atoms. The summed E-state index contributed by atoms with van der Waals surface area (Å²) in [6.45, 7) is 12.7. The molecule has 5 heteroatoms. The molecule has 0 aromatic rings. The summed E-state index contributed by atoms with van der Waals surface area (Å²) in [5.41, 5.74) is -0.488. The van der Waals surface area contributed by atoms with E-state index in [2.05, 4.69) is 24.1 Å². The van der Waals surface area contributed by atoms with Crippen molar-refractivity contribution in [1.29, 1.82) is 0 Å². The summed E-state index contributed by atoms with van der Waals surface area (Å²) in [6, 6.07) is 0.567. The van der Waals surface area contributed by atoms with Crippen molar-refractivity contribution in [1.82, 2.24) is 10.2 Å². The van der Waals surface area contributed by atoms with Gasteiger partial charge in [0, 0.05) is 25.6 Å². The molecule has 1 fully saturated rings. The van der Waals surface area contributed by atoms with Gasteiger partial charge in [-0.25, -0.2) is 0 Å². The fraction of sp³-hybridized carbons (Fsp3) is 0.875. The van der Waals surface area contributed by atoms with E-state index < -0.39 is 5.60 Å². The minimum atomic E-state index is -0.488. The van der Waals surface area contributed by atoms with Crippen LogP contribution in [0.1, 0.15) is 53.9 Å². The van der Waals surface area contributed by atoms with Crippen molar-refractivity contribution < 1.29 is 14.3 Å². The molecule has 1 unspecified atom stereocenters. The second-order valence-electron chi connectivity index (χ2n) is 7.13. The van der Waals surface area contributed by atoms with Crippen LogP contribution in [0.5, 0.6) is 0 Å². The average molecular weight is 298 g/mol. The van der Waals surface area contributed by atoms with E-state index in [0.29, 0.717) is 18.5 Å². The Labute approximate surface area is 128 Å². The molecule has 1 saturated heterocycles. The number of amides is 1. The van der Waals surface area contributed by atoms with Gasteiger partial charge in [0.1, 0.15) is 5.60 Å². The number of nitrogens with zero attached hydrogens (tertiary/aromatic N) is 1. The summed E-state index contributed by atoms with van der Waals surface area (Å²) >= 11 is 0. The van der Waals surface area contributed by atoms with Crippen LogP contribution in [0.2, 0.25) is 0 Å². The Balaban J connectivity index is 2.16. The normalized spacial score (nSPS) is 19.8. The minimum Gasteiger partial charge on any atom is -0.460 e. The lowest BCUT2D eigenvalue weighted by molar-refractivity contribution is -0.155. The summed E-state index contributed by atoms with van der Waals surface area (Å²) in [7, 11) is 0. The maximum absolute atomic E-state index is 11.8. The van der Waals surface area contributed by atoms with Gasteiger partial charge >= 0.3 is 5.97 Å². The van der Waals surface area contributed by atoms with Crippen molar-refractivity contribution in [2.75, 3.05) is 19.6 Å². The Morgan fingerprint density at radius 2 is 1.95 bits per heavy atom. The smallest absolute Gasteiger partial charge is 0.306 e. The highest BCUT2D eigenvalue weighted by Crippen LogP contribution is 2.17. The standard InChI is InChI=1S/C16H30N2O3/c1-12(2)18-9-8-13(11-18)10-17-14(19)6-7-15(20)21-16(3,4)5/h12-13H,6-11H2,1-5H3,(H,17,19). The number of hydrogen-bond acceptors (Lipinski definition) is 4. The maximum Gasteiger partial charge on any atom is 0.306 e. The average Bonchev–Trinajstić information content (AvgIpc) is 2.80. The Morgan fingerprint density at radius 1 is 1.29 bits per heavy atom. The van der Waals surface area contributed by atoms with Gasteiger partial charge in [0.15, 0.2) is 0 Å². The van der Waals surface area contributed by atoms with Gasteiger partial charge in [0.05, 0.1) is 6.42 Å². The number of likely N-dealkylation sites (tertiary alicyclic amines) is 1. The zero-order valence-electron chi connectivity index (χ0n) is 14.1. The first-order valence-electron chi connectivity index (χ1n) is 7.90. The van der Waals surface area contributed by atoms with Crippen LogP contribution in [0.15, 0.2) is 0 Å². The number of nitrogens with one attached hydrogen (secondary N) is 1. The van der Waals surface area contributed by atoms with Crippen molar-refractivity contribution in [3.05, 3.63) is 0 Å². The molecule has 0 radical (unpaired) electrons. The van der Waals surface area contributed by atoms with Crippen LogP contribution in [0.25, 0.3) is 0 Å². The van der Waals surface area contributed by atoms with Crippen LogP contribution in [-0.4, -0.2) is 48.1 Å². The SMILES string of the molecule is CC(C)N1CCC(CNC(=O)CCC(=O)OC(C)(C)C)C1. The Morgan fingerprint density at radius 3 is 2.48 bits per heavy atom. The van der Waals surface area contributed by atoms with Crippen LogP contribution in [0.3, 0.4) is 0 Å². The summed E-state index contributed by atoms with van der Waals surface area (Å²) < 4.78 is 5.18. The van der Waals surface area contributed by atoms with Crippen LogP contribution >= 0.6 is 0 Å². The predicted molar refractivity (Wildman–Crippen MR) is 82.9 cm³/mol. The Hall–Kier alpha value is -1.10. The van der Waals surface area contributed by atoms with E-state index in [1.807, 2.05) is 20.8 Å². The highest BCUT2D eigenvalue weighted by molar-refractivity contribution is 5.81. The first-order chi connectivity index (χ1) is 9.67. The van der Waals surface area contributed by atoms with Crippen molar-refractivity contribution in [3.8, 4) is 0 Å². The molecule has 0 bridgehead atoms. The predicted octanol–water partition coefficient (Wildman–Crippen LogP) is 1.95. The fourth-order valence-corrected chi connectivity index (χ4v) is 2.45. The third kappa shape index (κ3) is 7.46. The number of esters is 1. The molecular weight excluding hydrogens is 268 g/mol. The van der Waals surface area contributed by atoms with Gasteiger partial charge in [-0.3, -0.25) is 9.59 Å². The van der Waals surface area contributed by atoms with Crippen LogP contribution in [0.4, 0.5) is 0 Å². The molecular formula is C16H30N2O3. The molecule has 0 saturated carbocycles. The third-order valence-electron chi connectivity index (χ3n) is 3.61. The molecule has 1 N–H and O–H groups in total. The van der Waals surface area contributed by atoms with Gasteiger partial charge in [-0.1, -0.05) is 0 Å². The van der Waals surface area contributed by atoms with Crippen LogP contribution in [-0.2, 0) is 14.3 Å². The number of ether oxygens (including phenoxy) is 1.